The summed E-state index contributed by atoms with van der Waals surface area (Å²) in [7, 11) is 1.23. The number of carbonyl (C=O) groups is 3. The van der Waals surface area contributed by atoms with Crippen LogP contribution in [0.5, 0.6) is 0 Å². The minimum atomic E-state index is -0.938. The van der Waals surface area contributed by atoms with Crippen LogP contribution in [0.2, 0.25) is 0 Å². The molecule has 0 bridgehead atoms. The number of ether oxygens (including phenoxy) is 2. The second kappa shape index (κ2) is 10.7. The van der Waals surface area contributed by atoms with Gasteiger partial charge in [0.1, 0.15) is 5.92 Å². The molecule has 1 aliphatic heterocycles. The molecule has 1 heterocycles. The molecule has 3 unspecified atom stereocenters. The van der Waals surface area contributed by atoms with Crippen molar-refractivity contribution in [3.05, 3.63) is 51.2 Å². The fourth-order valence-electron chi connectivity index (χ4n) is 3.78. The minimum absolute atomic E-state index is 0.0316. The van der Waals surface area contributed by atoms with Gasteiger partial charge in [0, 0.05) is 41.1 Å². The number of aliphatic imine (C=N–C) groups is 1. The van der Waals surface area contributed by atoms with Crippen molar-refractivity contribution in [2.45, 2.75) is 46.1 Å². The monoisotopic (exact) mass is 445 g/mol. The second-order valence-corrected chi connectivity index (χ2v) is 7.47. The molecular formula is C22H27N3O7. The molecule has 0 saturated carbocycles. The summed E-state index contributed by atoms with van der Waals surface area (Å²) in [5, 5.41) is 14.1. The van der Waals surface area contributed by atoms with Crippen LogP contribution in [0.25, 0.3) is 0 Å². The fraction of sp³-hybridized carbons (Fsp3) is 0.455. The Labute approximate surface area is 185 Å². The molecule has 0 spiro atoms. The van der Waals surface area contributed by atoms with E-state index >= 15 is 0 Å². The van der Waals surface area contributed by atoms with Crippen LogP contribution < -0.4 is 5.32 Å². The standard InChI is InChI=1S/C22H27N3O7/c1-6-32-17(26)10-12(2)23-21(27)18-13(3)24-14(4)19(22(28)31-5)20(18)15-8-7-9-16(11-15)25(29)30/h7-9,11-12,19-20H,6,10H2,1-5H3,(H,23,27). The Morgan fingerprint density at radius 1 is 1.28 bits per heavy atom. The Hall–Kier alpha value is -3.56. The molecule has 32 heavy (non-hydrogen) atoms. The molecule has 1 aromatic carbocycles. The Balaban J connectivity index is 2.51. The number of rotatable bonds is 8. The summed E-state index contributed by atoms with van der Waals surface area (Å²) in [6.45, 7) is 6.85. The first-order valence-electron chi connectivity index (χ1n) is 10.1. The van der Waals surface area contributed by atoms with Crippen LogP contribution in [0.15, 0.2) is 40.5 Å². The molecule has 2 rings (SSSR count). The van der Waals surface area contributed by atoms with Gasteiger partial charge in [-0.1, -0.05) is 12.1 Å². The number of nitro groups is 1. The molecule has 172 valence electrons. The van der Waals surface area contributed by atoms with E-state index in [-0.39, 0.29) is 24.3 Å². The van der Waals surface area contributed by atoms with Crippen LogP contribution in [-0.4, -0.2) is 48.2 Å². The second-order valence-electron chi connectivity index (χ2n) is 7.47. The highest BCUT2D eigenvalue weighted by Crippen LogP contribution is 2.40. The predicted octanol–water partition coefficient (Wildman–Crippen LogP) is 2.67. The number of methoxy groups -OCH3 is 1. The number of esters is 2. The maximum absolute atomic E-state index is 13.2. The summed E-state index contributed by atoms with van der Waals surface area (Å²) in [6, 6.07) is 5.24. The van der Waals surface area contributed by atoms with Crippen molar-refractivity contribution < 1.29 is 28.8 Å². The van der Waals surface area contributed by atoms with Gasteiger partial charge in [-0.05, 0) is 33.3 Å². The third-order valence-corrected chi connectivity index (χ3v) is 5.12. The number of hydrogen-bond donors (Lipinski definition) is 1. The van der Waals surface area contributed by atoms with Crippen molar-refractivity contribution in [2.24, 2.45) is 10.9 Å². The van der Waals surface area contributed by atoms with Gasteiger partial charge < -0.3 is 14.8 Å². The van der Waals surface area contributed by atoms with Crippen molar-refractivity contribution in [1.29, 1.82) is 0 Å². The van der Waals surface area contributed by atoms with Gasteiger partial charge in [0.05, 0.1) is 25.1 Å². The lowest BCUT2D eigenvalue weighted by Crippen LogP contribution is -2.41. The van der Waals surface area contributed by atoms with E-state index in [4.69, 9.17) is 9.47 Å². The predicted molar refractivity (Wildman–Crippen MR) is 116 cm³/mol. The Morgan fingerprint density at radius 3 is 2.56 bits per heavy atom. The molecule has 0 fully saturated rings. The van der Waals surface area contributed by atoms with E-state index in [1.807, 2.05) is 0 Å². The SMILES string of the molecule is CCOC(=O)CC(C)NC(=O)C1=C(C)N=C(C)C(C(=O)OC)C1c1cccc([N+](=O)[O-])c1. The molecule has 10 nitrogen and oxygen atoms in total. The third kappa shape index (κ3) is 5.57. The van der Waals surface area contributed by atoms with E-state index in [0.717, 1.165) is 0 Å². The van der Waals surface area contributed by atoms with E-state index in [1.54, 1.807) is 33.8 Å². The zero-order chi connectivity index (χ0) is 24.0. The van der Waals surface area contributed by atoms with E-state index < -0.39 is 40.6 Å². The highest BCUT2D eigenvalue weighted by atomic mass is 16.6. The number of benzene rings is 1. The lowest BCUT2D eigenvalue weighted by atomic mass is 9.75. The molecule has 1 amide bonds. The Bertz CT molecular complexity index is 983. The first-order valence-corrected chi connectivity index (χ1v) is 10.1. The molecular weight excluding hydrogens is 418 g/mol. The van der Waals surface area contributed by atoms with Crippen LogP contribution in [0, 0.1) is 16.0 Å². The molecule has 0 aromatic heterocycles. The summed E-state index contributed by atoms with van der Waals surface area (Å²) in [6.07, 6.45) is -0.0316. The number of non-ortho nitro benzene ring substituents is 1. The molecule has 3 atom stereocenters. The summed E-state index contributed by atoms with van der Waals surface area (Å²) in [5.74, 6) is -3.38. The maximum Gasteiger partial charge on any atom is 0.315 e. The zero-order valence-electron chi connectivity index (χ0n) is 18.7. The number of hydrogen-bond acceptors (Lipinski definition) is 8. The van der Waals surface area contributed by atoms with E-state index in [9.17, 15) is 24.5 Å². The van der Waals surface area contributed by atoms with Crippen molar-refractivity contribution in [2.75, 3.05) is 13.7 Å². The average Bonchev–Trinajstić information content (AvgIpc) is 2.72. The number of allylic oxidation sites excluding steroid dienone is 1. The van der Waals surface area contributed by atoms with Crippen LogP contribution in [0.3, 0.4) is 0 Å². The first kappa shape index (κ1) is 24.7. The maximum atomic E-state index is 13.2. The zero-order valence-corrected chi connectivity index (χ0v) is 18.7. The number of nitrogens with zero attached hydrogens (tertiary/aromatic N) is 2. The largest absolute Gasteiger partial charge is 0.468 e. The average molecular weight is 445 g/mol. The lowest BCUT2D eigenvalue weighted by Gasteiger charge is -2.32. The lowest BCUT2D eigenvalue weighted by molar-refractivity contribution is -0.384. The van der Waals surface area contributed by atoms with Gasteiger partial charge in [-0.2, -0.15) is 0 Å². The van der Waals surface area contributed by atoms with Crippen molar-refractivity contribution in [3.8, 4) is 0 Å². The van der Waals surface area contributed by atoms with E-state index in [1.165, 1.54) is 25.3 Å². The Kier molecular flexibility index (Phi) is 8.22. The van der Waals surface area contributed by atoms with Gasteiger partial charge in [0.25, 0.3) is 5.69 Å². The topological polar surface area (TPSA) is 137 Å². The van der Waals surface area contributed by atoms with Crippen LogP contribution in [0.4, 0.5) is 5.69 Å². The summed E-state index contributed by atoms with van der Waals surface area (Å²) >= 11 is 0. The normalized spacial score (nSPS) is 19.0. The molecule has 10 heteroatoms. The highest BCUT2D eigenvalue weighted by Gasteiger charge is 2.42. The molecule has 0 radical (unpaired) electrons. The van der Waals surface area contributed by atoms with E-state index in [0.29, 0.717) is 17.0 Å². The fourth-order valence-corrected chi connectivity index (χ4v) is 3.78. The van der Waals surface area contributed by atoms with Gasteiger partial charge in [-0.15, -0.1) is 0 Å². The molecule has 0 aliphatic carbocycles. The number of nitro benzene ring substituents is 1. The van der Waals surface area contributed by atoms with Gasteiger partial charge in [0.2, 0.25) is 5.91 Å². The smallest absolute Gasteiger partial charge is 0.315 e. The summed E-state index contributed by atoms with van der Waals surface area (Å²) < 4.78 is 9.86. The minimum Gasteiger partial charge on any atom is -0.468 e. The number of carbonyl (C=O) groups excluding carboxylic acids is 3. The van der Waals surface area contributed by atoms with Gasteiger partial charge >= 0.3 is 11.9 Å². The van der Waals surface area contributed by atoms with Crippen LogP contribution in [-0.2, 0) is 23.9 Å². The van der Waals surface area contributed by atoms with Crippen LogP contribution >= 0.6 is 0 Å². The van der Waals surface area contributed by atoms with Gasteiger partial charge in [-0.25, -0.2) is 0 Å². The molecule has 1 aliphatic rings. The quantitative estimate of drug-likeness (QED) is 0.369. The first-order chi connectivity index (χ1) is 15.1. The van der Waals surface area contributed by atoms with Gasteiger partial charge in [0.15, 0.2) is 0 Å². The van der Waals surface area contributed by atoms with Crippen molar-refractivity contribution in [1.82, 2.24) is 5.32 Å². The van der Waals surface area contributed by atoms with Crippen LogP contribution in [0.1, 0.15) is 45.6 Å². The van der Waals surface area contributed by atoms with Crippen molar-refractivity contribution >= 4 is 29.2 Å². The summed E-state index contributed by atoms with van der Waals surface area (Å²) in [5.41, 5.74) is 1.23. The molecule has 1 N–H and O–H groups in total. The Morgan fingerprint density at radius 2 is 1.97 bits per heavy atom. The van der Waals surface area contributed by atoms with E-state index in [2.05, 4.69) is 10.3 Å². The highest BCUT2D eigenvalue weighted by molar-refractivity contribution is 6.08. The number of amides is 1. The third-order valence-electron chi connectivity index (χ3n) is 5.12. The summed E-state index contributed by atoms with van der Waals surface area (Å²) in [4.78, 5) is 52.8. The molecule has 1 aromatic rings. The van der Waals surface area contributed by atoms with Gasteiger partial charge in [-0.3, -0.25) is 29.5 Å². The number of nitrogens with one attached hydrogen (secondary N) is 1. The molecule has 0 saturated heterocycles. The van der Waals surface area contributed by atoms with Crippen molar-refractivity contribution in [3.63, 3.8) is 0 Å².